The van der Waals surface area contributed by atoms with Gasteiger partial charge in [-0.25, -0.2) is 13.1 Å². The third-order valence-corrected chi connectivity index (χ3v) is 5.60. The highest BCUT2D eigenvalue weighted by molar-refractivity contribution is 7.88. The highest BCUT2D eigenvalue weighted by Gasteiger charge is 2.15. The average molecular weight is 371 g/mol. The maximum atomic E-state index is 12.6. The first-order valence-electron chi connectivity index (χ1n) is 8.24. The molecule has 1 aromatic heterocycles. The number of H-pyrrole nitrogens is 1. The lowest BCUT2D eigenvalue weighted by atomic mass is 10.1. The van der Waals surface area contributed by atoms with E-state index in [1.165, 1.54) is 7.05 Å². The van der Waals surface area contributed by atoms with Gasteiger partial charge in [-0.2, -0.15) is 0 Å². The van der Waals surface area contributed by atoms with Crippen LogP contribution < -0.4 is 10.0 Å². The van der Waals surface area contributed by atoms with E-state index in [-0.39, 0.29) is 11.7 Å². The van der Waals surface area contributed by atoms with E-state index >= 15 is 0 Å². The number of aromatic nitrogens is 1. The molecule has 7 heteroatoms. The van der Waals surface area contributed by atoms with Gasteiger partial charge in [0.1, 0.15) is 0 Å². The van der Waals surface area contributed by atoms with Gasteiger partial charge in [-0.05, 0) is 31.2 Å². The Morgan fingerprint density at radius 3 is 2.38 bits per heavy atom. The van der Waals surface area contributed by atoms with Crippen molar-refractivity contribution >= 4 is 26.8 Å². The Morgan fingerprint density at radius 1 is 1.04 bits per heavy atom. The van der Waals surface area contributed by atoms with Crippen LogP contribution in [-0.2, 0) is 22.3 Å². The summed E-state index contributed by atoms with van der Waals surface area (Å²) in [5.74, 6) is -0.202. The summed E-state index contributed by atoms with van der Waals surface area (Å²) in [6, 6.07) is 14.9. The van der Waals surface area contributed by atoms with E-state index in [0.717, 1.165) is 22.2 Å². The fourth-order valence-corrected chi connectivity index (χ4v) is 3.66. The van der Waals surface area contributed by atoms with E-state index in [1.54, 1.807) is 12.1 Å². The topological polar surface area (TPSA) is 91.1 Å². The van der Waals surface area contributed by atoms with Crippen molar-refractivity contribution in [3.05, 3.63) is 70.9 Å². The summed E-state index contributed by atoms with van der Waals surface area (Å²) in [4.78, 5) is 15.8. The summed E-state index contributed by atoms with van der Waals surface area (Å²) < 4.78 is 25.4. The molecule has 0 radical (unpaired) electrons. The number of aromatic amines is 1. The molecular formula is C19H21N3O3S. The van der Waals surface area contributed by atoms with E-state index in [1.807, 2.05) is 43.3 Å². The van der Waals surface area contributed by atoms with Crippen LogP contribution in [0.1, 0.15) is 27.2 Å². The minimum atomic E-state index is -3.29. The highest BCUT2D eigenvalue weighted by Crippen LogP contribution is 2.21. The molecule has 1 heterocycles. The second kappa shape index (κ2) is 7.31. The smallest absolute Gasteiger partial charge is 0.253 e. The van der Waals surface area contributed by atoms with Gasteiger partial charge >= 0.3 is 0 Å². The normalized spacial score (nSPS) is 11.6. The fourth-order valence-electron chi connectivity index (χ4n) is 2.88. The van der Waals surface area contributed by atoms with Gasteiger partial charge in [-0.15, -0.1) is 0 Å². The fraction of sp³-hybridized carbons (Fsp3) is 0.211. The first kappa shape index (κ1) is 18.2. The van der Waals surface area contributed by atoms with Crippen LogP contribution in [0.5, 0.6) is 0 Å². The molecule has 0 aliphatic carbocycles. The number of aryl methyl sites for hydroxylation is 1. The number of carbonyl (C=O) groups is 1. The number of amides is 1. The summed E-state index contributed by atoms with van der Waals surface area (Å²) in [5.41, 5.74) is 4.02. The maximum Gasteiger partial charge on any atom is 0.253 e. The number of fused-ring (bicyclic) bond motifs is 1. The SMILES string of the molecule is CNS(=O)(=O)Cc1ccc(CNC(=O)c2c(C)[nH]c3ccccc23)cc1. The van der Waals surface area contributed by atoms with E-state index < -0.39 is 10.0 Å². The molecule has 6 nitrogen and oxygen atoms in total. The minimum Gasteiger partial charge on any atom is -0.358 e. The largest absolute Gasteiger partial charge is 0.358 e. The van der Waals surface area contributed by atoms with Crippen molar-refractivity contribution in [1.29, 1.82) is 0 Å². The van der Waals surface area contributed by atoms with Crippen molar-refractivity contribution in [3.8, 4) is 0 Å². The summed E-state index contributed by atoms with van der Waals surface area (Å²) in [6.07, 6.45) is 0. The molecule has 3 rings (SSSR count). The van der Waals surface area contributed by atoms with E-state index in [0.29, 0.717) is 17.7 Å². The van der Waals surface area contributed by atoms with Crippen molar-refractivity contribution in [2.75, 3.05) is 7.05 Å². The Kier molecular flexibility index (Phi) is 5.11. The molecule has 0 aliphatic heterocycles. The molecule has 0 atom stereocenters. The minimum absolute atomic E-state index is 0.0648. The van der Waals surface area contributed by atoms with Gasteiger partial charge in [0.15, 0.2) is 0 Å². The molecule has 0 saturated heterocycles. The standard InChI is InChI=1S/C19H21N3O3S/c1-13-18(16-5-3-4-6-17(16)22-13)19(23)21-11-14-7-9-15(10-8-14)12-26(24,25)20-2/h3-10,20,22H,11-12H2,1-2H3,(H,21,23). The molecule has 0 saturated carbocycles. The second-order valence-corrected chi connectivity index (χ2v) is 8.06. The van der Waals surface area contributed by atoms with E-state index in [9.17, 15) is 13.2 Å². The zero-order valence-electron chi connectivity index (χ0n) is 14.7. The number of hydrogen-bond acceptors (Lipinski definition) is 3. The third kappa shape index (κ3) is 3.95. The lowest BCUT2D eigenvalue weighted by Gasteiger charge is -2.07. The van der Waals surface area contributed by atoms with Crippen LogP contribution in [0.15, 0.2) is 48.5 Å². The molecule has 2 aromatic carbocycles. The lowest BCUT2D eigenvalue weighted by molar-refractivity contribution is 0.0952. The Morgan fingerprint density at radius 2 is 1.69 bits per heavy atom. The Hall–Kier alpha value is -2.64. The molecule has 0 unspecified atom stereocenters. The maximum absolute atomic E-state index is 12.6. The van der Waals surface area contributed by atoms with Crippen LogP contribution in [0.25, 0.3) is 10.9 Å². The van der Waals surface area contributed by atoms with Crippen LogP contribution in [0.4, 0.5) is 0 Å². The van der Waals surface area contributed by atoms with Gasteiger partial charge in [0.25, 0.3) is 5.91 Å². The molecule has 0 bridgehead atoms. The zero-order chi connectivity index (χ0) is 18.7. The average Bonchev–Trinajstić information content (AvgIpc) is 2.96. The summed E-state index contributed by atoms with van der Waals surface area (Å²) in [7, 11) is -1.89. The second-order valence-electron chi connectivity index (χ2n) is 6.13. The molecule has 3 aromatic rings. The molecule has 3 N–H and O–H groups in total. The van der Waals surface area contributed by atoms with E-state index in [2.05, 4.69) is 15.0 Å². The van der Waals surface area contributed by atoms with Crippen molar-refractivity contribution in [2.45, 2.75) is 19.2 Å². The first-order valence-corrected chi connectivity index (χ1v) is 9.89. The predicted octanol–water partition coefficient (Wildman–Crippen LogP) is 2.46. The van der Waals surface area contributed by atoms with Crippen molar-refractivity contribution in [3.63, 3.8) is 0 Å². The number of sulfonamides is 1. The van der Waals surface area contributed by atoms with Crippen molar-refractivity contribution in [1.82, 2.24) is 15.0 Å². The highest BCUT2D eigenvalue weighted by atomic mass is 32.2. The summed E-state index contributed by atoms with van der Waals surface area (Å²) >= 11 is 0. The molecule has 26 heavy (non-hydrogen) atoms. The van der Waals surface area contributed by atoms with Crippen LogP contribution in [0.2, 0.25) is 0 Å². The Labute approximate surface area is 152 Å². The van der Waals surface area contributed by atoms with Crippen LogP contribution >= 0.6 is 0 Å². The predicted molar refractivity (Wildman–Crippen MR) is 102 cm³/mol. The Bertz CT molecular complexity index is 1040. The molecule has 0 spiro atoms. The van der Waals surface area contributed by atoms with Gasteiger partial charge in [-0.3, -0.25) is 4.79 Å². The number of benzene rings is 2. The molecule has 1 amide bonds. The number of nitrogens with one attached hydrogen (secondary N) is 3. The lowest BCUT2D eigenvalue weighted by Crippen LogP contribution is -2.23. The van der Waals surface area contributed by atoms with Crippen molar-refractivity contribution < 1.29 is 13.2 Å². The van der Waals surface area contributed by atoms with Gasteiger partial charge in [0, 0.05) is 23.1 Å². The number of carbonyl (C=O) groups excluding carboxylic acids is 1. The number of hydrogen-bond donors (Lipinski definition) is 3. The molecule has 0 fully saturated rings. The summed E-state index contributed by atoms with van der Waals surface area (Å²) in [5, 5.41) is 3.82. The van der Waals surface area contributed by atoms with Gasteiger partial charge in [-0.1, -0.05) is 42.5 Å². The zero-order valence-corrected chi connectivity index (χ0v) is 15.5. The monoisotopic (exact) mass is 371 g/mol. The molecule has 0 aliphatic rings. The van der Waals surface area contributed by atoms with Gasteiger partial charge < -0.3 is 10.3 Å². The van der Waals surface area contributed by atoms with E-state index in [4.69, 9.17) is 0 Å². The van der Waals surface area contributed by atoms with Crippen LogP contribution in [-0.4, -0.2) is 26.4 Å². The van der Waals surface area contributed by atoms with Gasteiger partial charge in [0.05, 0.1) is 11.3 Å². The third-order valence-electron chi connectivity index (χ3n) is 4.26. The first-order chi connectivity index (χ1) is 12.4. The number of para-hydroxylation sites is 1. The van der Waals surface area contributed by atoms with Crippen LogP contribution in [0.3, 0.4) is 0 Å². The number of rotatable bonds is 6. The van der Waals surface area contributed by atoms with Gasteiger partial charge in [0.2, 0.25) is 10.0 Å². The Balaban J connectivity index is 1.69. The summed E-state index contributed by atoms with van der Waals surface area (Å²) in [6.45, 7) is 2.25. The van der Waals surface area contributed by atoms with Crippen molar-refractivity contribution in [2.24, 2.45) is 0 Å². The van der Waals surface area contributed by atoms with Crippen LogP contribution in [0, 0.1) is 6.92 Å². The quantitative estimate of drug-likeness (QED) is 0.622. The molecular weight excluding hydrogens is 350 g/mol. The molecule has 136 valence electrons.